The summed E-state index contributed by atoms with van der Waals surface area (Å²) in [7, 11) is 0. The van der Waals surface area contributed by atoms with Gasteiger partial charge < -0.3 is 18.9 Å². The molecule has 0 atom stereocenters. The van der Waals surface area contributed by atoms with Gasteiger partial charge in [-0.1, -0.05) is 49.9 Å². The van der Waals surface area contributed by atoms with E-state index in [4.69, 9.17) is 29.5 Å². The van der Waals surface area contributed by atoms with Gasteiger partial charge >= 0.3 is 23.9 Å². The Hall–Kier alpha value is -6.26. The number of unbranched alkanes of at least 4 members (excludes halogenated alkanes) is 6. The van der Waals surface area contributed by atoms with Crippen LogP contribution in [0.4, 0.5) is 0 Å². The van der Waals surface area contributed by atoms with Crippen LogP contribution >= 0.6 is 0 Å². The molecule has 0 aromatic heterocycles. The summed E-state index contributed by atoms with van der Waals surface area (Å²) in [6, 6.07) is 31.1. The fourth-order valence-electron chi connectivity index (χ4n) is 5.14. The van der Waals surface area contributed by atoms with E-state index < -0.39 is 0 Å². The lowest BCUT2D eigenvalue weighted by Crippen LogP contribution is -2.08. The minimum Gasteiger partial charge on any atom is -0.427 e. The maximum Gasteiger partial charge on any atom is 0.311 e. The first-order valence-corrected chi connectivity index (χ1v) is 17.3. The van der Waals surface area contributed by atoms with Gasteiger partial charge in [0.05, 0.1) is 23.3 Å². The Balaban J connectivity index is 1.04. The van der Waals surface area contributed by atoms with E-state index in [-0.39, 0.29) is 49.6 Å². The lowest BCUT2D eigenvalue weighted by atomic mass is 10.1. The summed E-state index contributed by atoms with van der Waals surface area (Å²) in [6.07, 6.45) is 6.85. The average molecular weight is 701 g/mol. The van der Waals surface area contributed by atoms with Crippen LogP contribution in [0.25, 0.3) is 11.1 Å². The zero-order chi connectivity index (χ0) is 37.0. The third-order valence-electron chi connectivity index (χ3n) is 7.96. The number of nitriles is 2. The standard InChI is InChI=1S/C42H40N2O8/c43-29-31-13-21-35(22-14-31)49-39(45)9-5-1-3-7-11-41(47)51-37-25-17-33(18-26-37)34-19-27-38(28-20-34)52-42(48)12-8-4-2-6-10-40(46)50-36-23-15-32(30-44)16-24-36/h13-28H,1-12H2. The van der Waals surface area contributed by atoms with E-state index in [1.165, 1.54) is 0 Å². The molecule has 0 spiro atoms. The third-order valence-corrected chi connectivity index (χ3v) is 7.96. The molecule has 10 nitrogen and oxygen atoms in total. The van der Waals surface area contributed by atoms with Crippen molar-refractivity contribution in [2.75, 3.05) is 0 Å². The van der Waals surface area contributed by atoms with Crippen LogP contribution in [-0.2, 0) is 19.2 Å². The molecule has 0 N–H and O–H groups in total. The molecule has 0 radical (unpaired) electrons. The second-order valence-corrected chi connectivity index (χ2v) is 12.0. The predicted octanol–water partition coefficient (Wildman–Crippen LogP) is 8.80. The van der Waals surface area contributed by atoms with Crippen molar-refractivity contribution in [3.8, 4) is 46.3 Å². The number of carbonyl (C=O) groups excluding carboxylic acids is 4. The van der Waals surface area contributed by atoms with Crippen molar-refractivity contribution < 1.29 is 38.1 Å². The number of esters is 4. The highest BCUT2D eigenvalue weighted by Gasteiger charge is 2.10. The minimum absolute atomic E-state index is 0.274. The van der Waals surface area contributed by atoms with Gasteiger partial charge in [-0.05, 0) is 110 Å². The highest BCUT2D eigenvalue weighted by molar-refractivity contribution is 5.75. The molecule has 0 bridgehead atoms. The van der Waals surface area contributed by atoms with E-state index in [1.807, 2.05) is 36.4 Å². The predicted molar refractivity (Wildman–Crippen MR) is 192 cm³/mol. The van der Waals surface area contributed by atoms with Gasteiger partial charge in [0.25, 0.3) is 0 Å². The van der Waals surface area contributed by atoms with Crippen LogP contribution in [-0.4, -0.2) is 23.9 Å². The molecule has 10 heteroatoms. The molecular formula is C42H40N2O8. The van der Waals surface area contributed by atoms with Crippen molar-refractivity contribution >= 4 is 23.9 Å². The first kappa shape index (κ1) is 38.5. The van der Waals surface area contributed by atoms with E-state index in [0.29, 0.717) is 59.8 Å². The first-order valence-electron chi connectivity index (χ1n) is 17.3. The Bertz CT molecular complexity index is 1720. The third kappa shape index (κ3) is 13.9. The number of hydrogen-bond donors (Lipinski definition) is 0. The molecule has 0 amide bonds. The summed E-state index contributed by atoms with van der Waals surface area (Å²) >= 11 is 0. The molecule has 4 aromatic carbocycles. The number of ether oxygens (including phenoxy) is 4. The van der Waals surface area contributed by atoms with E-state index in [1.54, 1.807) is 72.8 Å². The molecule has 0 aliphatic heterocycles. The molecule has 0 aliphatic rings. The molecular weight excluding hydrogens is 660 g/mol. The van der Waals surface area contributed by atoms with Crippen molar-refractivity contribution in [3.05, 3.63) is 108 Å². The van der Waals surface area contributed by atoms with Crippen molar-refractivity contribution in [1.29, 1.82) is 10.5 Å². The van der Waals surface area contributed by atoms with Gasteiger partial charge in [-0.15, -0.1) is 0 Å². The van der Waals surface area contributed by atoms with Crippen molar-refractivity contribution in [3.63, 3.8) is 0 Å². The summed E-state index contributed by atoms with van der Waals surface area (Å²) in [6.45, 7) is 0. The summed E-state index contributed by atoms with van der Waals surface area (Å²) in [4.78, 5) is 48.6. The van der Waals surface area contributed by atoms with E-state index in [9.17, 15) is 19.2 Å². The molecule has 0 unspecified atom stereocenters. The van der Waals surface area contributed by atoms with E-state index >= 15 is 0 Å². The summed E-state index contributed by atoms with van der Waals surface area (Å²) < 4.78 is 21.5. The van der Waals surface area contributed by atoms with Crippen molar-refractivity contribution in [2.45, 2.75) is 77.0 Å². The van der Waals surface area contributed by atoms with Crippen LogP contribution in [0, 0.1) is 22.7 Å². The highest BCUT2D eigenvalue weighted by Crippen LogP contribution is 2.25. The fraction of sp³-hybridized carbons (Fsp3) is 0.286. The zero-order valence-corrected chi connectivity index (χ0v) is 28.9. The molecule has 0 saturated heterocycles. The number of nitrogens with zero attached hydrogens (tertiary/aromatic N) is 2. The summed E-state index contributed by atoms with van der Waals surface area (Å²) in [5.41, 5.74) is 2.82. The zero-order valence-electron chi connectivity index (χ0n) is 28.9. The van der Waals surface area contributed by atoms with Gasteiger partial charge in [0, 0.05) is 25.7 Å². The van der Waals surface area contributed by atoms with Gasteiger partial charge in [-0.3, -0.25) is 19.2 Å². The van der Waals surface area contributed by atoms with Crippen LogP contribution in [0.3, 0.4) is 0 Å². The Morgan fingerprint density at radius 2 is 0.596 bits per heavy atom. The number of hydrogen-bond acceptors (Lipinski definition) is 10. The highest BCUT2D eigenvalue weighted by atomic mass is 16.5. The minimum atomic E-state index is -0.330. The molecule has 0 aliphatic carbocycles. The lowest BCUT2D eigenvalue weighted by Gasteiger charge is -2.08. The van der Waals surface area contributed by atoms with Gasteiger partial charge in [0.1, 0.15) is 23.0 Å². The number of carbonyl (C=O) groups is 4. The van der Waals surface area contributed by atoms with Gasteiger partial charge in [0.15, 0.2) is 0 Å². The molecule has 0 fully saturated rings. The Morgan fingerprint density at radius 1 is 0.365 bits per heavy atom. The molecule has 266 valence electrons. The first-order chi connectivity index (χ1) is 25.3. The van der Waals surface area contributed by atoms with Crippen LogP contribution in [0.2, 0.25) is 0 Å². The van der Waals surface area contributed by atoms with Crippen LogP contribution < -0.4 is 18.9 Å². The summed E-state index contributed by atoms with van der Waals surface area (Å²) in [5, 5.41) is 17.7. The quantitative estimate of drug-likeness (QED) is 0.0527. The average Bonchev–Trinajstić information content (AvgIpc) is 3.15. The van der Waals surface area contributed by atoms with Crippen LogP contribution in [0.1, 0.15) is 88.2 Å². The van der Waals surface area contributed by atoms with Crippen molar-refractivity contribution in [1.82, 2.24) is 0 Å². The Labute approximate surface area is 303 Å². The maximum atomic E-state index is 12.3. The monoisotopic (exact) mass is 700 g/mol. The summed E-state index contributed by atoms with van der Waals surface area (Å²) in [5.74, 6) is 0.427. The molecule has 52 heavy (non-hydrogen) atoms. The van der Waals surface area contributed by atoms with Gasteiger partial charge in [-0.25, -0.2) is 0 Å². The molecule has 4 aromatic rings. The normalized spacial score (nSPS) is 10.3. The SMILES string of the molecule is N#Cc1ccc(OC(=O)CCCCCCC(=O)Oc2ccc(-c3ccc(OC(=O)CCCCCCC(=O)Oc4ccc(C#N)cc4)cc3)cc2)cc1. The van der Waals surface area contributed by atoms with Crippen molar-refractivity contribution in [2.24, 2.45) is 0 Å². The molecule has 0 saturated carbocycles. The second kappa shape index (κ2) is 21.1. The fourth-order valence-corrected chi connectivity index (χ4v) is 5.14. The Kier molecular flexibility index (Phi) is 15.6. The largest absolute Gasteiger partial charge is 0.427 e. The van der Waals surface area contributed by atoms with Crippen LogP contribution in [0.15, 0.2) is 97.1 Å². The topological polar surface area (TPSA) is 153 Å². The Morgan fingerprint density at radius 3 is 0.827 bits per heavy atom. The van der Waals surface area contributed by atoms with Crippen LogP contribution in [0.5, 0.6) is 23.0 Å². The van der Waals surface area contributed by atoms with Gasteiger partial charge in [-0.2, -0.15) is 10.5 Å². The second-order valence-electron chi connectivity index (χ2n) is 12.0. The maximum absolute atomic E-state index is 12.3. The molecule has 4 rings (SSSR count). The number of benzene rings is 4. The van der Waals surface area contributed by atoms with E-state index in [0.717, 1.165) is 36.8 Å². The smallest absolute Gasteiger partial charge is 0.311 e. The number of rotatable bonds is 19. The van der Waals surface area contributed by atoms with Gasteiger partial charge in [0.2, 0.25) is 0 Å². The molecule has 0 heterocycles. The van der Waals surface area contributed by atoms with E-state index in [2.05, 4.69) is 0 Å². The lowest BCUT2D eigenvalue weighted by molar-refractivity contribution is -0.135.